The first kappa shape index (κ1) is 7.80. The summed E-state index contributed by atoms with van der Waals surface area (Å²) in [6.07, 6.45) is 6.63. The van der Waals surface area contributed by atoms with Gasteiger partial charge in [0.2, 0.25) is 0 Å². The van der Waals surface area contributed by atoms with Crippen molar-refractivity contribution in [2.24, 2.45) is 0 Å². The highest BCUT2D eigenvalue weighted by Crippen LogP contribution is 2.38. The number of rotatable bonds is 1. The van der Waals surface area contributed by atoms with E-state index in [1.807, 2.05) is 24.1 Å². The Morgan fingerprint density at radius 1 is 1.75 bits per heavy atom. The first-order valence-corrected chi connectivity index (χ1v) is 4.31. The van der Waals surface area contributed by atoms with Gasteiger partial charge in [-0.15, -0.1) is 0 Å². The normalized spacial score (nSPS) is 40.2. The molecule has 0 aromatic rings. The van der Waals surface area contributed by atoms with Crippen LogP contribution in [-0.2, 0) is 4.79 Å². The number of hydrogen-bond acceptors (Lipinski definition) is 2. The molecule has 0 saturated carbocycles. The maximum absolute atomic E-state index is 11.1. The third-order valence-electron chi connectivity index (χ3n) is 3.21. The molecule has 0 aromatic heterocycles. The van der Waals surface area contributed by atoms with Crippen LogP contribution in [0, 0.1) is 0 Å². The van der Waals surface area contributed by atoms with E-state index in [0.29, 0.717) is 6.04 Å². The predicted molar refractivity (Wildman–Crippen MR) is 44.9 cm³/mol. The first-order valence-electron chi connectivity index (χ1n) is 4.31. The molecule has 0 unspecified atom stereocenters. The minimum atomic E-state index is -0.705. The topological polar surface area (TPSA) is 40.5 Å². The third-order valence-corrected chi connectivity index (χ3v) is 3.21. The van der Waals surface area contributed by atoms with Crippen LogP contribution in [0.25, 0.3) is 0 Å². The Kier molecular flexibility index (Phi) is 1.51. The number of fused-ring (bicyclic) bond motifs is 2. The summed E-state index contributed by atoms with van der Waals surface area (Å²) in [6, 6.07) is 0.450. The zero-order chi connectivity index (χ0) is 8.77. The van der Waals surface area contributed by atoms with Crippen LogP contribution in [0.2, 0.25) is 0 Å². The molecular formula is C9H13NO2. The molecule has 66 valence electrons. The quantitative estimate of drug-likeness (QED) is 0.589. The van der Waals surface area contributed by atoms with Crippen LogP contribution in [0.3, 0.4) is 0 Å². The summed E-state index contributed by atoms with van der Waals surface area (Å²) < 4.78 is 0. The van der Waals surface area contributed by atoms with E-state index in [9.17, 15) is 4.79 Å². The minimum absolute atomic E-state index is 0.450. The van der Waals surface area contributed by atoms with Crippen molar-refractivity contribution in [3.05, 3.63) is 12.2 Å². The second kappa shape index (κ2) is 2.33. The second-order valence-corrected chi connectivity index (χ2v) is 3.67. The van der Waals surface area contributed by atoms with Gasteiger partial charge in [0.05, 0.1) is 0 Å². The standard InChI is InChI=1S/C9H13NO2/c1-10-7-3-2-5-9(10,6-4-7)8(11)12/h2,5,7H,3-4,6H2,1H3,(H,11,12)/t7-,9-/m1/s1. The minimum Gasteiger partial charge on any atom is -0.480 e. The Balaban J connectivity index is 2.40. The summed E-state index contributed by atoms with van der Waals surface area (Å²) in [5.74, 6) is -0.705. The van der Waals surface area contributed by atoms with Crippen molar-refractivity contribution in [3.8, 4) is 0 Å². The molecule has 1 fully saturated rings. The van der Waals surface area contributed by atoms with Crippen molar-refractivity contribution in [3.63, 3.8) is 0 Å². The fraction of sp³-hybridized carbons (Fsp3) is 0.667. The summed E-state index contributed by atoms with van der Waals surface area (Å²) in [4.78, 5) is 13.0. The molecule has 2 bridgehead atoms. The molecule has 1 N–H and O–H groups in total. The van der Waals surface area contributed by atoms with Gasteiger partial charge >= 0.3 is 5.97 Å². The molecule has 2 aliphatic rings. The van der Waals surface area contributed by atoms with Gasteiger partial charge in [-0.05, 0) is 26.3 Å². The molecule has 1 saturated heterocycles. The van der Waals surface area contributed by atoms with Crippen molar-refractivity contribution in [1.29, 1.82) is 0 Å². The van der Waals surface area contributed by atoms with Gasteiger partial charge in [0.1, 0.15) is 5.54 Å². The van der Waals surface area contributed by atoms with E-state index in [1.54, 1.807) is 0 Å². The lowest BCUT2D eigenvalue weighted by Gasteiger charge is -2.35. The van der Waals surface area contributed by atoms with E-state index in [1.165, 1.54) is 0 Å². The van der Waals surface area contributed by atoms with E-state index in [4.69, 9.17) is 5.11 Å². The summed E-state index contributed by atoms with van der Waals surface area (Å²) in [7, 11) is 1.91. The van der Waals surface area contributed by atoms with Crippen LogP contribution in [-0.4, -0.2) is 34.6 Å². The lowest BCUT2D eigenvalue weighted by molar-refractivity contribution is -0.146. The Bertz CT molecular complexity index is 249. The first-order chi connectivity index (χ1) is 5.67. The van der Waals surface area contributed by atoms with Gasteiger partial charge in [-0.25, -0.2) is 4.79 Å². The second-order valence-electron chi connectivity index (χ2n) is 3.67. The molecule has 2 aliphatic heterocycles. The molecular weight excluding hydrogens is 154 g/mol. The molecule has 2 heterocycles. The fourth-order valence-electron chi connectivity index (χ4n) is 2.31. The zero-order valence-corrected chi connectivity index (χ0v) is 7.16. The maximum atomic E-state index is 11.1. The Labute approximate surface area is 71.7 Å². The van der Waals surface area contributed by atoms with Gasteiger partial charge in [0.15, 0.2) is 0 Å². The molecule has 3 nitrogen and oxygen atoms in total. The monoisotopic (exact) mass is 167 g/mol. The maximum Gasteiger partial charge on any atom is 0.328 e. The number of carboxylic acids is 1. The summed E-state index contributed by atoms with van der Waals surface area (Å²) in [5.41, 5.74) is -0.678. The van der Waals surface area contributed by atoms with E-state index in [0.717, 1.165) is 19.3 Å². The average Bonchev–Trinajstić information content (AvgIpc) is 2.28. The van der Waals surface area contributed by atoms with E-state index in [-0.39, 0.29) is 0 Å². The number of carboxylic acid groups (broad SMARTS) is 1. The lowest BCUT2D eigenvalue weighted by Crippen LogP contribution is -2.50. The fourth-order valence-corrected chi connectivity index (χ4v) is 2.31. The SMILES string of the molecule is CN1[C@@H]2CC=C[C@]1(C(=O)O)CC2. The van der Waals surface area contributed by atoms with Crippen molar-refractivity contribution in [2.75, 3.05) is 7.05 Å². The summed E-state index contributed by atoms with van der Waals surface area (Å²) in [5, 5.41) is 9.09. The number of aliphatic carboxylic acids is 1. The van der Waals surface area contributed by atoms with Gasteiger partial charge in [-0.2, -0.15) is 0 Å². The summed E-state index contributed by atoms with van der Waals surface area (Å²) >= 11 is 0. The highest BCUT2D eigenvalue weighted by molar-refractivity contribution is 5.82. The molecule has 0 amide bonds. The molecule has 12 heavy (non-hydrogen) atoms. The molecule has 0 radical (unpaired) electrons. The van der Waals surface area contributed by atoms with Crippen LogP contribution < -0.4 is 0 Å². The average molecular weight is 167 g/mol. The van der Waals surface area contributed by atoms with Crippen LogP contribution in [0.4, 0.5) is 0 Å². The number of nitrogens with zero attached hydrogens (tertiary/aromatic N) is 1. The highest BCUT2D eigenvalue weighted by atomic mass is 16.4. The lowest BCUT2D eigenvalue weighted by atomic mass is 9.95. The van der Waals surface area contributed by atoms with Crippen LogP contribution in [0.1, 0.15) is 19.3 Å². The van der Waals surface area contributed by atoms with Gasteiger partial charge < -0.3 is 5.11 Å². The van der Waals surface area contributed by atoms with Gasteiger partial charge in [0.25, 0.3) is 0 Å². The molecule has 0 aromatic carbocycles. The van der Waals surface area contributed by atoms with E-state index in [2.05, 4.69) is 0 Å². The predicted octanol–water partition coefficient (Wildman–Crippen LogP) is 0.864. The Morgan fingerprint density at radius 2 is 2.50 bits per heavy atom. The van der Waals surface area contributed by atoms with Crippen molar-refractivity contribution < 1.29 is 9.90 Å². The van der Waals surface area contributed by atoms with Crippen LogP contribution in [0.5, 0.6) is 0 Å². The van der Waals surface area contributed by atoms with Crippen LogP contribution in [0.15, 0.2) is 12.2 Å². The van der Waals surface area contributed by atoms with Crippen LogP contribution >= 0.6 is 0 Å². The van der Waals surface area contributed by atoms with E-state index < -0.39 is 11.5 Å². The smallest absolute Gasteiger partial charge is 0.328 e. The highest BCUT2D eigenvalue weighted by Gasteiger charge is 2.49. The molecule has 3 heteroatoms. The number of hydrogen-bond donors (Lipinski definition) is 1. The van der Waals surface area contributed by atoms with Gasteiger partial charge in [0, 0.05) is 6.04 Å². The third kappa shape index (κ3) is 0.771. The van der Waals surface area contributed by atoms with Crippen molar-refractivity contribution in [1.82, 2.24) is 4.90 Å². The summed E-state index contributed by atoms with van der Waals surface area (Å²) in [6.45, 7) is 0. The zero-order valence-electron chi connectivity index (χ0n) is 7.16. The Morgan fingerprint density at radius 3 is 3.08 bits per heavy atom. The number of likely N-dealkylation sites (N-methyl/N-ethyl adjacent to an activating group) is 1. The van der Waals surface area contributed by atoms with Gasteiger partial charge in [-0.1, -0.05) is 12.2 Å². The molecule has 0 aliphatic carbocycles. The molecule has 2 rings (SSSR count). The van der Waals surface area contributed by atoms with Gasteiger partial charge in [-0.3, -0.25) is 4.90 Å². The number of carbonyl (C=O) groups is 1. The Hall–Kier alpha value is -0.830. The van der Waals surface area contributed by atoms with Crippen molar-refractivity contribution in [2.45, 2.75) is 30.8 Å². The van der Waals surface area contributed by atoms with E-state index >= 15 is 0 Å². The van der Waals surface area contributed by atoms with Crippen molar-refractivity contribution >= 4 is 5.97 Å². The largest absolute Gasteiger partial charge is 0.480 e. The molecule has 0 spiro atoms. The molecule has 2 atom stereocenters.